The van der Waals surface area contributed by atoms with Gasteiger partial charge in [-0.2, -0.15) is 0 Å². The first-order valence-electron chi connectivity index (χ1n) is 18.6. The van der Waals surface area contributed by atoms with Gasteiger partial charge in [0.05, 0.1) is 5.69 Å². The van der Waals surface area contributed by atoms with E-state index in [9.17, 15) is 28.4 Å². The van der Waals surface area contributed by atoms with Crippen LogP contribution in [0.3, 0.4) is 0 Å². The molecule has 4 atom stereocenters. The Kier molecular flexibility index (Phi) is 17.9. The first-order valence-corrected chi connectivity index (χ1v) is 18.6. The van der Waals surface area contributed by atoms with Crippen LogP contribution >= 0.6 is 0 Å². The highest BCUT2D eigenvalue weighted by Crippen LogP contribution is 2.16. The number of hydrogen-bond donors (Lipinski definition) is 9. The van der Waals surface area contributed by atoms with E-state index in [1.165, 1.54) is 24.3 Å². The molecule has 0 aliphatic rings. The molecule has 0 unspecified atom stereocenters. The minimum atomic E-state index is -1.27. The molecule has 16 nitrogen and oxygen atoms in total. The molecule has 0 aliphatic carbocycles. The van der Waals surface area contributed by atoms with Crippen molar-refractivity contribution in [2.24, 2.45) is 44.6 Å². The maximum atomic E-state index is 14.2. The van der Waals surface area contributed by atoms with Crippen molar-refractivity contribution in [3.8, 4) is 0 Å². The zero-order valence-corrected chi connectivity index (χ0v) is 32.2. The van der Waals surface area contributed by atoms with Crippen LogP contribution in [-0.2, 0) is 43.2 Å². The van der Waals surface area contributed by atoms with Gasteiger partial charge in [0.1, 0.15) is 30.0 Å². The summed E-state index contributed by atoms with van der Waals surface area (Å²) in [5.41, 5.74) is 29.9. The molecule has 306 valence electrons. The summed E-state index contributed by atoms with van der Waals surface area (Å²) in [4.78, 5) is 75.3. The van der Waals surface area contributed by atoms with Gasteiger partial charge in [-0.05, 0) is 72.6 Å². The molecule has 0 heterocycles. The summed E-state index contributed by atoms with van der Waals surface area (Å²) in [6.45, 7) is 3.91. The second kappa shape index (κ2) is 22.8. The third-order valence-electron chi connectivity index (χ3n) is 8.70. The van der Waals surface area contributed by atoms with Crippen LogP contribution in [0.2, 0.25) is 0 Å². The van der Waals surface area contributed by atoms with Gasteiger partial charge in [0.25, 0.3) is 0 Å². The normalized spacial score (nSPS) is 12.9. The van der Waals surface area contributed by atoms with Crippen LogP contribution in [0.25, 0.3) is 0 Å². The second-order valence-electron chi connectivity index (χ2n) is 14.0. The fourth-order valence-electron chi connectivity index (χ4n) is 5.84. The van der Waals surface area contributed by atoms with Crippen molar-refractivity contribution >= 4 is 47.1 Å². The van der Waals surface area contributed by atoms with Crippen LogP contribution in [-0.4, -0.2) is 72.2 Å². The van der Waals surface area contributed by atoms with Crippen molar-refractivity contribution in [1.82, 2.24) is 21.3 Å². The molecule has 0 saturated heterocycles. The molecule has 0 aromatic heterocycles. The SMILES string of the molecule is CC(C)C[C@H](NC(=O)[C@H](Cc1ccc(N=C(N)N)cc1)NC(=O)[C@H](Cc1ccc(F)cc1)NC(=O)CCc1ccccc1)C(=O)N[C@@H](CCCN=C(N)N)C(N)=O. The number of amides is 5. The van der Waals surface area contributed by atoms with E-state index in [-0.39, 0.29) is 56.5 Å². The minimum absolute atomic E-state index is 0.0131. The zero-order valence-electron chi connectivity index (χ0n) is 32.2. The maximum absolute atomic E-state index is 14.2. The minimum Gasteiger partial charge on any atom is -0.370 e. The van der Waals surface area contributed by atoms with Crippen molar-refractivity contribution in [3.05, 3.63) is 101 Å². The molecule has 0 aliphatic heterocycles. The van der Waals surface area contributed by atoms with Crippen molar-refractivity contribution in [1.29, 1.82) is 0 Å². The van der Waals surface area contributed by atoms with E-state index < -0.39 is 59.5 Å². The second-order valence-corrected chi connectivity index (χ2v) is 14.0. The van der Waals surface area contributed by atoms with E-state index in [2.05, 4.69) is 31.3 Å². The monoisotopic (exact) mass is 787 g/mol. The predicted octanol–water partition coefficient (Wildman–Crippen LogP) is 0.673. The number of guanidine groups is 2. The first-order chi connectivity index (χ1) is 27.1. The fourth-order valence-corrected chi connectivity index (χ4v) is 5.84. The average Bonchev–Trinajstić information content (AvgIpc) is 3.15. The van der Waals surface area contributed by atoms with Crippen LogP contribution in [0.1, 0.15) is 56.2 Å². The molecule has 5 amide bonds. The van der Waals surface area contributed by atoms with Crippen molar-refractivity contribution in [2.45, 2.75) is 83.0 Å². The number of rotatable bonds is 22. The van der Waals surface area contributed by atoms with E-state index >= 15 is 0 Å². The number of nitrogens with two attached hydrogens (primary N) is 5. The van der Waals surface area contributed by atoms with Crippen LogP contribution in [0.4, 0.5) is 10.1 Å². The van der Waals surface area contributed by atoms with Gasteiger partial charge in [-0.25, -0.2) is 9.38 Å². The molecular weight excluding hydrogens is 734 g/mol. The fraction of sp³-hybridized carbons (Fsp3) is 0.375. The lowest BCUT2D eigenvalue weighted by Crippen LogP contribution is -2.59. The van der Waals surface area contributed by atoms with Gasteiger partial charge in [-0.1, -0.05) is 68.4 Å². The average molecular weight is 788 g/mol. The summed E-state index contributed by atoms with van der Waals surface area (Å²) in [5, 5.41) is 10.9. The van der Waals surface area contributed by atoms with Gasteiger partial charge in [0.15, 0.2) is 11.9 Å². The third kappa shape index (κ3) is 16.8. The number of carbonyl (C=O) groups is 5. The smallest absolute Gasteiger partial charge is 0.243 e. The van der Waals surface area contributed by atoms with Gasteiger partial charge in [0, 0.05) is 25.8 Å². The Morgan fingerprint density at radius 1 is 0.632 bits per heavy atom. The summed E-state index contributed by atoms with van der Waals surface area (Å²) in [5.74, 6) is -4.07. The molecule has 0 radical (unpaired) electrons. The lowest BCUT2D eigenvalue weighted by atomic mass is 9.99. The molecule has 3 aromatic carbocycles. The van der Waals surface area contributed by atoms with Gasteiger partial charge in [-0.3, -0.25) is 29.0 Å². The Morgan fingerprint density at radius 3 is 1.70 bits per heavy atom. The topological polar surface area (TPSA) is 288 Å². The Labute approximate surface area is 331 Å². The highest BCUT2D eigenvalue weighted by Gasteiger charge is 2.32. The Hall–Kier alpha value is -6.52. The van der Waals surface area contributed by atoms with Gasteiger partial charge >= 0.3 is 0 Å². The largest absolute Gasteiger partial charge is 0.370 e. The molecule has 3 aromatic rings. The number of benzene rings is 3. The standard InChI is InChI=1S/C40H54FN11O5/c1-24(2)21-31(36(55)50-30(35(42)54)9-6-20-47-39(43)44)51-38(57)33(23-27-12-17-29(18-13-27)48-40(45)46)52-37(56)32(22-26-10-15-28(41)16-11-26)49-34(53)19-14-25-7-4-3-5-8-25/h3-5,7-8,10-13,15-18,24,30-33H,6,9,14,19-23H2,1-2H3,(H2,42,54)(H,49,53)(H,50,55)(H,51,57)(H,52,56)(H4,43,44,47)(H4,45,46,48)/t30-,31-,32-,33-/m0/s1. The molecule has 0 fully saturated rings. The number of nitrogens with zero attached hydrogens (tertiary/aromatic N) is 2. The third-order valence-corrected chi connectivity index (χ3v) is 8.70. The van der Waals surface area contributed by atoms with Crippen LogP contribution in [0.5, 0.6) is 0 Å². The summed E-state index contributed by atoms with van der Waals surface area (Å²) in [6.07, 6.45) is 1.10. The molecule has 57 heavy (non-hydrogen) atoms. The van der Waals surface area contributed by atoms with Crippen LogP contribution in [0, 0.1) is 11.7 Å². The molecule has 0 saturated carbocycles. The number of halogens is 1. The summed E-state index contributed by atoms with van der Waals surface area (Å²) < 4.78 is 13.8. The number of aliphatic imine (C=N–C) groups is 2. The molecule has 0 bridgehead atoms. The Bertz CT molecular complexity index is 1850. The summed E-state index contributed by atoms with van der Waals surface area (Å²) in [7, 11) is 0. The van der Waals surface area contributed by atoms with E-state index in [1.807, 2.05) is 44.2 Å². The van der Waals surface area contributed by atoms with E-state index in [1.54, 1.807) is 24.3 Å². The van der Waals surface area contributed by atoms with Crippen molar-refractivity contribution in [3.63, 3.8) is 0 Å². The number of aryl methyl sites for hydroxylation is 1. The van der Waals surface area contributed by atoms with Crippen LogP contribution < -0.4 is 49.9 Å². The van der Waals surface area contributed by atoms with Crippen molar-refractivity contribution in [2.75, 3.05) is 6.54 Å². The number of nitrogens with one attached hydrogen (secondary N) is 4. The predicted molar refractivity (Wildman–Crippen MR) is 217 cm³/mol. The Balaban J connectivity index is 1.90. The van der Waals surface area contributed by atoms with Gasteiger partial charge < -0.3 is 49.9 Å². The summed E-state index contributed by atoms with van der Waals surface area (Å²) in [6, 6.07) is 16.8. The highest BCUT2D eigenvalue weighted by atomic mass is 19.1. The highest BCUT2D eigenvalue weighted by molar-refractivity contribution is 5.95. The maximum Gasteiger partial charge on any atom is 0.243 e. The van der Waals surface area contributed by atoms with E-state index in [0.717, 1.165) is 5.56 Å². The number of carbonyl (C=O) groups excluding carboxylic acids is 5. The van der Waals surface area contributed by atoms with Gasteiger partial charge in [-0.15, -0.1) is 0 Å². The molecule has 17 heteroatoms. The Morgan fingerprint density at radius 2 is 1.16 bits per heavy atom. The first kappa shape index (κ1) is 44.9. The quantitative estimate of drug-likeness (QED) is 0.0393. The van der Waals surface area contributed by atoms with Gasteiger partial charge in [0.2, 0.25) is 29.5 Å². The van der Waals surface area contributed by atoms with Crippen LogP contribution in [0.15, 0.2) is 88.8 Å². The molecule has 14 N–H and O–H groups in total. The molecular formula is C40H54FN11O5. The van der Waals surface area contributed by atoms with Crippen molar-refractivity contribution < 1.29 is 28.4 Å². The zero-order chi connectivity index (χ0) is 41.9. The molecule has 0 spiro atoms. The number of hydrogen-bond acceptors (Lipinski definition) is 7. The van der Waals surface area contributed by atoms with E-state index in [4.69, 9.17) is 28.7 Å². The summed E-state index contributed by atoms with van der Waals surface area (Å²) >= 11 is 0. The lowest BCUT2D eigenvalue weighted by Gasteiger charge is -2.27. The number of primary amides is 1. The molecule has 3 rings (SSSR count). The lowest BCUT2D eigenvalue weighted by molar-refractivity contribution is -0.134. The van der Waals surface area contributed by atoms with E-state index in [0.29, 0.717) is 29.7 Å².